The largest absolute Gasteiger partial charge is 0.293 e. The summed E-state index contributed by atoms with van der Waals surface area (Å²) in [6, 6.07) is 0. The third-order valence-electron chi connectivity index (χ3n) is 4.73. The Labute approximate surface area is 169 Å². The van der Waals surface area contributed by atoms with Crippen LogP contribution in [-0.4, -0.2) is 12.8 Å². The molecule has 0 atom stereocenters. The minimum atomic E-state index is 1.05. The Hall–Kier alpha value is -1.63. The van der Waals surface area contributed by atoms with E-state index in [-0.39, 0.29) is 0 Å². The van der Waals surface area contributed by atoms with Crippen LogP contribution < -0.4 is 0 Å². The van der Waals surface area contributed by atoms with Gasteiger partial charge in [0.1, 0.15) is 0 Å². The Morgan fingerprint density at radius 1 is 0.852 bits per heavy atom. The van der Waals surface area contributed by atoms with Crippen LogP contribution in [0.15, 0.2) is 65.8 Å². The van der Waals surface area contributed by atoms with Crippen molar-refractivity contribution in [1.29, 1.82) is 0 Å². The van der Waals surface area contributed by atoms with E-state index in [0.717, 1.165) is 23.3 Å². The van der Waals surface area contributed by atoms with Gasteiger partial charge in [-0.2, -0.15) is 0 Å². The fourth-order valence-electron chi connectivity index (χ4n) is 2.92. The SMILES string of the molecule is C=C/C(=C\C(CCCCCCCC/C=C/C=C/CCCCC)=NC)C(=C)C. The molecule has 0 saturated heterocycles. The lowest BCUT2D eigenvalue weighted by molar-refractivity contribution is 0.604. The first-order valence-electron chi connectivity index (χ1n) is 10.9. The van der Waals surface area contributed by atoms with E-state index in [9.17, 15) is 0 Å². The number of allylic oxidation sites excluding steroid dienone is 8. The van der Waals surface area contributed by atoms with E-state index >= 15 is 0 Å². The van der Waals surface area contributed by atoms with Gasteiger partial charge in [-0.1, -0.05) is 94.6 Å². The molecule has 1 nitrogen and oxygen atoms in total. The van der Waals surface area contributed by atoms with Crippen LogP contribution in [0.5, 0.6) is 0 Å². The summed E-state index contributed by atoms with van der Waals surface area (Å²) in [6.07, 6.45) is 28.3. The van der Waals surface area contributed by atoms with Crippen molar-refractivity contribution >= 4 is 5.71 Å². The maximum atomic E-state index is 4.40. The number of unbranched alkanes of at least 4 members (excludes halogenated alkanes) is 9. The zero-order chi connectivity index (χ0) is 20.2. The van der Waals surface area contributed by atoms with Crippen molar-refractivity contribution in [3.63, 3.8) is 0 Å². The van der Waals surface area contributed by atoms with Crippen molar-refractivity contribution in [1.82, 2.24) is 0 Å². The molecule has 1 heteroatoms. The van der Waals surface area contributed by atoms with E-state index in [1.807, 2.05) is 20.0 Å². The molecule has 0 rings (SSSR count). The molecule has 0 heterocycles. The van der Waals surface area contributed by atoms with Crippen LogP contribution in [0.25, 0.3) is 0 Å². The molecule has 0 N–H and O–H groups in total. The van der Waals surface area contributed by atoms with Crippen molar-refractivity contribution in [2.24, 2.45) is 4.99 Å². The van der Waals surface area contributed by atoms with Gasteiger partial charge in [-0.05, 0) is 57.1 Å². The fraction of sp³-hybridized carbons (Fsp3) is 0.577. The van der Waals surface area contributed by atoms with Gasteiger partial charge in [0.05, 0.1) is 0 Å². The molecule has 0 aliphatic carbocycles. The standard InChI is InChI=1S/C26H43N/c1-6-8-9-10-11-12-13-14-15-16-17-18-19-20-21-22-26(27-5)23-25(7-2)24(3)4/h7,11-14,23H,2-3,6,8-10,15-22H2,1,4-5H3/b12-11+,14-13+,25-23+,27-26?. The van der Waals surface area contributed by atoms with Crippen LogP contribution in [0.3, 0.4) is 0 Å². The highest BCUT2D eigenvalue weighted by atomic mass is 14.7. The lowest BCUT2D eigenvalue weighted by Gasteiger charge is -2.05. The van der Waals surface area contributed by atoms with Crippen LogP contribution in [0, 0.1) is 0 Å². The Bertz CT molecular complexity index is 502. The fourth-order valence-corrected chi connectivity index (χ4v) is 2.92. The van der Waals surface area contributed by atoms with Gasteiger partial charge >= 0.3 is 0 Å². The van der Waals surface area contributed by atoms with E-state index in [4.69, 9.17) is 0 Å². The third kappa shape index (κ3) is 16.3. The van der Waals surface area contributed by atoms with Gasteiger partial charge < -0.3 is 0 Å². The van der Waals surface area contributed by atoms with Crippen molar-refractivity contribution in [3.8, 4) is 0 Å². The predicted octanol–water partition coefficient (Wildman–Crippen LogP) is 8.56. The molecule has 0 aromatic heterocycles. The number of hydrogen-bond acceptors (Lipinski definition) is 1. The quantitative estimate of drug-likeness (QED) is 0.138. The number of rotatable bonds is 17. The minimum Gasteiger partial charge on any atom is -0.293 e. The zero-order valence-corrected chi connectivity index (χ0v) is 18.3. The normalized spacial score (nSPS) is 13.0. The highest BCUT2D eigenvalue weighted by Crippen LogP contribution is 2.13. The van der Waals surface area contributed by atoms with E-state index in [1.54, 1.807) is 0 Å². The molecule has 0 saturated carbocycles. The second-order valence-corrected chi connectivity index (χ2v) is 7.31. The number of aliphatic imine (C=N–C) groups is 1. The lowest BCUT2D eigenvalue weighted by atomic mass is 10.0. The van der Waals surface area contributed by atoms with Crippen LogP contribution in [0.4, 0.5) is 0 Å². The maximum Gasteiger partial charge on any atom is 0.0350 e. The van der Waals surface area contributed by atoms with Crippen LogP contribution in [0.1, 0.15) is 90.9 Å². The molecule has 0 unspecified atom stereocenters. The second-order valence-electron chi connectivity index (χ2n) is 7.31. The number of nitrogens with zero attached hydrogens (tertiary/aromatic N) is 1. The van der Waals surface area contributed by atoms with Gasteiger partial charge in [0, 0.05) is 12.8 Å². The summed E-state index contributed by atoms with van der Waals surface area (Å²) in [4.78, 5) is 4.40. The maximum absolute atomic E-state index is 4.40. The summed E-state index contributed by atoms with van der Waals surface area (Å²) >= 11 is 0. The summed E-state index contributed by atoms with van der Waals surface area (Å²) in [5.41, 5.74) is 3.30. The van der Waals surface area contributed by atoms with Gasteiger partial charge in [-0.3, -0.25) is 4.99 Å². The van der Waals surface area contributed by atoms with E-state index < -0.39 is 0 Å². The van der Waals surface area contributed by atoms with E-state index in [1.165, 1.54) is 70.6 Å². The third-order valence-corrected chi connectivity index (χ3v) is 4.73. The smallest absolute Gasteiger partial charge is 0.0350 e. The van der Waals surface area contributed by atoms with E-state index in [0.29, 0.717) is 0 Å². The first-order valence-corrected chi connectivity index (χ1v) is 10.9. The molecule has 0 spiro atoms. The molecule has 0 aromatic carbocycles. The molecule has 0 aromatic rings. The molecule has 0 amide bonds. The molecule has 0 aliphatic rings. The number of hydrogen-bond donors (Lipinski definition) is 0. The summed E-state index contributed by atoms with van der Waals surface area (Å²) < 4.78 is 0. The van der Waals surface area contributed by atoms with Crippen molar-refractivity contribution in [3.05, 3.63) is 60.8 Å². The molecule has 0 fully saturated rings. The van der Waals surface area contributed by atoms with Gasteiger partial charge in [-0.25, -0.2) is 0 Å². The van der Waals surface area contributed by atoms with E-state index in [2.05, 4.69) is 55.5 Å². The highest BCUT2D eigenvalue weighted by molar-refractivity contribution is 5.96. The molecular formula is C26H43N. The Balaban J connectivity index is 3.66. The van der Waals surface area contributed by atoms with Gasteiger partial charge in [0.15, 0.2) is 0 Å². The molecular weight excluding hydrogens is 326 g/mol. The lowest BCUT2D eigenvalue weighted by Crippen LogP contribution is -1.96. The van der Waals surface area contributed by atoms with Crippen molar-refractivity contribution in [2.75, 3.05) is 7.05 Å². The second kappa shape index (κ2) is 19.1. The summed E-state index contributed by atoms with van der Waals surface area (Å²) in [5.74, 6) is 0. The Morgan fingerprint density at radius 2 is 1.41 bits per heavy atom. The summed E-state index contributed by atoms with van der Waals surface area (Å²) in [5, 5.41) is 0. The molecule has 27 heavy (non-hydrogen) atoms. The summed E-state index contributed by atoms with van der Waals surface area (Å²) in [6.45, 7) is 12.1. The highest BCUT2D eigenvalue weighted by Gasteiger charge is 1.99. The van der Waals surface area contributed by atoms with Crippen molar-refractivity contribution < 1.29 is 0 Å². The molecule has 152 valence electrons. The average Bonchev–Trinajstić information content (AvgIpc) is 2.67. The van der Waals surface area contributed by atoms with Gasteiger partial charge in [0.25, 0.3) is 0 Å². The minimum absolute atomic E-state index is 1.05. The predicted molar refractivity (Wildman–Crippen MR) is 126 cm³/mol. The van der Waals surface area contributed by atoms with Crippen LogP contribution >= 0.6 is 0 Å². The monoisotopic (exact) mass is 369 g/mol. The zero-order valence-electron chi connectivity index (χ0n) is 18.3. The first kappa shape index (κ1) is 25.4. The first-order chi connectivity index (χ1) is 13.2. The summed E-state index contributed by atoms with van der Waals surface area (Å²) in [7, 11) is 1.87. The topological polar surface area (TPSA) is 12.4 Å². The van der Waals surface area contributed by atoms with Gasteiger partial charge in [0.2, 0.25) is 0 Å². The Kier molecular flexibility index (Phi) is 18.0. The van der Waals surface area contributed by atoms with Crippen LogP contribution in [0.2, 0.25) is 0 Å². The molecule has 0 aliphatic heterocycles. The average molecular weight is 370 g/mol. The van der Waals surface area contributed by atoms with Crippen molar-refractivity contribution in [2.45, 2.75) is 90.9 Å². The Morgan fingerprint density at radius 3 is 1.93 bits per heavy atom. The van der Waals surface area contributed by atoms with Crippen LogP contribution in [-0.2, 0) is 0 Å². The van der Waals surface area contributed by atoms with Gasteiger partial charge in [-0.15, -0.1) is 0 Å². The molecule has 0 bridgehead atoms. The molecule has 0 radical (unpaired) electrons.